The van der Waals surface area contributed by atoms with Gasteiger partial charge in [0.25, 0.3) is 0 Å². The van der Waals surface area contributed by atoms with Crippen molar-refractivity contribution in [2.24, 2.45) is 0 Å². The van der Waals surface area contributed by atoms with Crippen LogP contribution in [0.25, 0.3) is 0 Å². The molecular formula is C21H19NO4. The first-order chi connectivity index (χ1) is 12.8. The summed E-state index contributed by atoms with van der Waals surface area (Å²) in [7, 11) is 1.53. The van der Waals surface area contributed by atoms with Gasteiger partial charge in [0.05, 0.1) is 18.9 Å². The van der Waals surface area contributed by atoms with E-state index in [0.29, 0.717) is 29.4 Å². The van der Waals surface area contributed by atoms with Crippen LogP contribution in [0.3, 0.4) is 0 Å². The summed E-state index contributed by atoms with van der Waals surface area (Å²) in [6.07, 6.45) is 3.20. The van der Waals surface area contributed by atoms with E-state index < -0.39 is 0 Å². The van der Waals surface area contributed by atoms with Gasteiger partial charge in [-0.15, -0.1) is 0 Å². The molecule has 0 saturated carbocycles. The van der Waals surface area contributed by atoms with Crippen LogP contribution in [0, 0.1) is 0 Å². The van der Waals surface area contributed by atoms with Gasteiger partial charge in [0, 0.05) is 6.20 Å². The predicted molar refractivity (Wildman–Crippen MR) is 97.8 cm³/mol. The van der Waals surface area contributed by atoms with E-state index in [1.54, 1.807) is 42.7 Å². The first-order valence-electron chi connectivity index (χ1n) is 8.17. The second-order valence-corrected chi connectivity index (χ2v) is 5.54. The molecule has 2 aromatic carbocycles. The fraction of sp³-hybridized carbons (Fsp3) is 0.143. The van der Waals surface area contributed by atoms with Crippen LogP contribution < -0.4 is 14.2 Å². The zero-order valence-corrected chi connectivity index (χ0v) is 14.4. The Morgan fingerprint density at radius 3 is 2.54 bits per heavy atom. The third-order valence-electron chi connectivity index (χ3n) is 3.72. The molecule has 0 spiro atoms. The number of rotatable bonds is 8. The molecule has 132 valence electrons. The van der Waals surface area contributed by atoms with Crippen LogP contribution in [0.15, 0.2) is 73.1 Å². The van der Waals surface area contributed by atoms with Gasteiger partial charge in [-0.05, 0) is 35.9 Å². The molecule has 0 saturated heterocycles. The Labute approximate surface area is 152 Å². The van der Waals surface area contributed by atoms with Crippen molar-refractivity contribution in [1.82, 2.24) is 4.98 Å². The molecule has 5 nitrogen and oxygen atoms in total. The van der Waals surface area contributed by atoms with Crippen molar-refractivity contribution in [2.75, 3.05) is 13.7 Å². The molecule has 3 aromatic rings. The van der Waals surface area contributed by atoms with E-state index in [2.05, 4.69) is 4.98 Å². The number of ketones is 1. The smallest absolute Gasteiger partial charge is 0.204 e. The summed E-state index contributed by atoms with van der Waals surface area (Å²) in [4.78, 5) is 16.5. The maximum Gasteiger partial charge on any atom is 0.204 e. The Morgan fingerprint density at radius 2 is 1.81 bits per heavy atom. The molecule has 0 aliphatic carbocycles. The molecule has 0 fully saturated rings. The van der Waals surface area contributed by atoms with E-state index in [0.717, 1.165) is 5.56 Å². The first-order valence-corrected chi connectivity index (χ1v) is 8.17. The normalized spacial score (nSPS) is 10.2. The summed E-state index contributed by atoms with van der Waals surface area (Å²) < 4.78 is 16.6. The lowest BCUT2D eigenvalue weighted by Gasteiger charge is -2.12. The lowest BCUT2D eigenvalue weighted by molar-refractivity contribution is 0.0917. The van der Waals surface area contributed by atoms with Crippen LogP contribution in [0.4, 0.5) is 0 Å². The molecule has 3 rings (SSSR count). The summed E-state index contributed by atoms with van der Waals surface area (Å²) in [5.74, 6) is 1.42. The molecule has 0 N–H and O–H groups in total. The Balaban J connectivity index is 1.69. The molecule has 0 aliphatic rings. The zero-order valence-electron chi connectivity index (χ0n) is 14.4. The minimum atomic E-state index is -0.198. The van der Waals surface area contributed by atoms with Gasteiger partial charge in [0.15, 0.2) is 6.61 Å². The van der Waals surface area contributed by atoms with Crippen LogP contribution in [0.1, 0.15) is 15.9 Å². The largest absolute Gasteiger partial charge is 0.496 e. The maximum absolute atomic E-state index is 12.5. The van der Waals surface area contributed by atoms with Gasteiger partial charge < -0.3 is 14.2 Å². The number of aromatic nitrogens is 1. The first kappa shape index (κ1) is 17.5. The topological polar surface area (TPSA) is 57.7 Å². The van der Waals surface area contributed by atoms with E-state index in [9.17, 15) is 4.79 Å². The Morgan fingerprint density at radius 1 is 0.962 bits per heavy atom. The van der Waals surface area contributed by atoms with Crippen LogP contribution in [-0.2, 0) is 6.61 Å². The number of nitrogens with zero attached hydrogens (tertiary/aromatic N) is 1. The quantitative estimate of drug-likeness (QED) is 0.577. The molecular weight excluding hydrogens is 330 g/mol. The zero-order chi connectivity index (χ0) is 18.2. The van der Waals surface area contributed by atoms with Crippen molar-refractivity contribution in [2.45, 2.75) is 6.61 Å². The third-order valence-corrected chi connectivity index (χ3v) is 3.72. The SMILES string of the molecule is COc1ccc(OCc2ccccc2)cc1C(=O)COc1cccnc1. The van der Waals surface area contributed by atoms with E-state index in [1.807, 2.05) is 30.3 Å². The Bertz CT molecular complexity index is 850. The second kappa shape index (κ2) is 8.67. The van der Waals surface area contributed by atoms with Crippen LogP contribution >= 0.6 is 0 Å². The summed E-state index contributed by atoms with van der Waals surface area (Å²) in [5, 5.41) is 0. The average Bonchev–Trinajstić information content (AvgIpc) is 2.72. The fourth-order valence-corrected chi connectivity index (χ4v) is 2.39. The van der Waals surface area contributed by atoms with Gasteiger partial charge >= 0.3 is 0 Å². The molecule has 0 bridgehead atoms. The summed E-state index contributed by atoms with van der Waals surface area (Å²) in [5.41, 5.74) is 1.47. The highest BCUT2D eigenvalue weighted by Crippen LogP contribution is 2.25. The number of Topliss-reactive ketones (excluding diaryl/α,β-unsaturated/α-hetero) is 1. The lowest BCUT2D eigenvalue weighted by Crippen LogP contribution is -2.13. The van der Waals surface area contributed by atoms with Crippen molar-refractivity contribution < 1.29 is 19.0 Å². The van der Waals surface area contributed by atoms with Crippen LogP contribution in [0.5, 0.6) is 17.2 Å². The molecule has 0 unspecified atom stereocenters. The lowest BCUT2D eigenvalue weighted by atomic mass is 10.1. The van der Waals surface area contributed by atoms with E-state index in [4.69, 9.17) is 14.2 Å². The van der Waals surface area contributed by atoms with Crippen molar-refractivity contribution in [3.8, 4) is 17.2 Å². The molecule has 26 heavy (non-hydrogen) atoms. The van der Waals surface area contributed by atoms with E-state index >= 15 is 0 Å². The minimum absolute atomic E-state index is 0.107. The van der Waals surface area contributed by atoms with E-state index in [-0.39, 0.29) is 12.4 Å². The van der Waals surface area contributed by atoms with E-state index in [1.165, 1.54) is 7.11 Å². The summed E-state index contributed by atoms with van der Waals surface area (Å²) >= 11 is 0. The molecule has 0 radical (unpaired) electrons. The molecule has 0 atom stereocenters. The number of hydrogen-bond donors (Lipinski definition) is 0. The van der Waals surface area contributed by atoms with Gasteiger partial charge in [-0.3, -0.25) is 9.78 Å². The number of pyridine rings is 1. The van der Waals surface area contributed by atoms with Crippen LogP contribution in [0.2, 0.25) is 0 Å². The molecule has 1 heterocycles. The highest BCUT2D eigenvalue weighted by Gasteiger charge is 2.15. The van der Waals surface area contributed by atoms with Gasteiger partial charge in [-0.1, -0.05) is 30.3 Å². The van der Waals surface area contributed by atoms with Gasteiger partial charge in [-0.2, -0.15) is 0 Å². The fourth-order valence-electron chi connectivity index (χ4n) is 2.39. The van der Waals surface area contributed by atoms with Crippen molar-refractivity contribution in [3.63, 3.8) is 0 Å². The predicted octanol–water partition coefficient (Wildman–Crippen LogP) is 3.93. The maximum atomic E-state index is 12.5. The van der Waals surface area contributed by atoms with Gasteiger partial charge in [0.2, 0.25) is 5.78 Å². The van der Waals surface area contributed by atoms with Gasteiger partial charge in [0.1, 0.15) is 23.9 Å². The van der Waals surface area contributed by atoms with Crippen molar-refractivity contribution >= 4 is 5.78 Å². The number of carbonyl (C=O) groups excluding carboxylic acids is 1. The standard InChI is InChI=1S/C21H19NO4/c1-24-21-10-9-17(25-14-16-6-3-2-4-7-16)12-19(21)20(23)15-26-18-8-5-11-22-13-18/h2-13H,14-15H2,1H3. The molecule has 0 amide bonds. The monoisotopic (exact) mass is 349 g/mol. The highest BCUT2D eigenvalue weighted by molar-refractivity contribution is 6.00. The van der Waals surface area contributed by atoms with Gasteiger partial charge in [-0.25, -0.2) is 0 Å². The third kappa shape index (κ3) is 4.60. The Hall–Kier alpha value is -3.34. The second-order valence-electron chi connectivity index (χ2n) is 5.54. The highest BCUT2D eigenvalue weighted by atomic mass is 16.5. The summed E-state index contributed by atoms with van der Waals surface area (Å²) in [6, 6.07) is 18.5. The molecule has 5 heteroatoms. The van der Waals surface area contributed by atoms with Crippen molar-refractivity contribution in [1.29, 1.82) is 0 Å². The number of ether oxygens (including phenoxy) is 3. The molecule has 0 aliphatic heterocycles. The number of hydrogen-bond acceptors (Lipinski definition) is 5. The molecule has 1 aromatic heterocycles. The number of benzene rings is 2. The number of carbonyl (C=O) groups is 1. The van der Waals surface area contributed by atoms with Crippen molar-refractivity contribution in [3.05, 3.63) is 84.2 Å². The number of methoxy groups -OCH3 is 1. The minimum Gasteiger partial charge on any atom is -0.496 e. The summed E-state index contributed by atoms with van der Waals surface area (Å²) in [6.45, 7) is 0.317. The van der Waals surface area contributed by atoms with Crippen LogP contribution in [-0.4, -0.2) is 24.5 Å². The Kier molecular flexibility index (Phi) is 5.83. The average molecular weight is 349 g/mol.